The number of rotatable bonds is 5. The molecule has 6 nitrogen and oxygen atoms in total. The molecular weight excluding hydrogens is 382 g/mol. The van der Waals surface area contributed by atoms with Crippen molar-refractivity contribution < 1.29 is 4.79 Å². The van der Waals surface area contributed by atoms with Crippen LogP contribution in [0.2, 0.25) is 0 Å². The summed E-state index contributed by atoms with van der Waals surface area (Å²) in [6, 6.07) is 11.7. The van der Waals surface area contributed by atoms with Gasteiger partial charge in [0.15, 0.2) is 5.13 Å². The predicted molar refractivity (Wildman–Crippen MR) is 116 cm³/mol. The van der Waals surface area contributed by atoms with E-state index < -0.39 is 0 Å². The van der Waals surface area contributed by atoms with E-state index in [1.54, 1.807) is 39.4 Å². The highest BCUT2D eigenvalue weighted by atomic mass is 32.1. The van der Waals surface area contributed by atoms with E-state index >= 15 is 0 Å². The molecule has 0 spiro atoms. The Morgan fingerprint density at radius 3 is 2.59 bits per heavy atom. The summed E-state index contributed by atoms with van der Waals surface area (Å²) in [4.78, 5) is 24.6. The molecule has 148 valence electrons. The fourth-order valence-corrected chi connectivity index (χ4v) is 4.39. The second kappa shape index (κ2) is 7.75. The van der Waals surface area contributed by atoms with E-state index in [1.165, 1.54) is 0 Å². The van der Waals surface area contributed by atoms with Gasteiger partial charge in [0.2, 0.25) is 0 Å². The molecule has 4 aromatic rings. The molecule has 0 saturated heterocycles. The van der Waals surface area contributed by atoms with Crippen LogP contribution in [0.4, 0.5) is 5.13 Å². The molecule has 3 aromatic heterocycles. The van der Waals surface area contributed by atoms with Crippen LogP contribution >= 0.6 is 11.3 Å². The fourth-order valence-electron chi connectivity index (χ4n) is 3.28. The molecule has 0 aliphatic carbocycles. The first kappa shape index (κ1) is 19.3. The van der Waals surface area contributed by atoms with Crippen LogP contribution in [0, 0.1) is 13.8 Å². The van der Waals surface area contributed by atoms with Crippen molar-refractivity contribution in [1.82, 2.24) is 19.7 Å². The highest BCUT2D eigenvalue weighted by molar-refractivity contribution is 7.22. The first-order valence-corrected chi connectivity index (χ1v) is 10.4. The van der Waals surface area contributed by atoms with E-state index in [1.807, 2.05) is 39.0 Å². The van der Waals surface area contributed by atoms with Crippen molar-refractivity contribution in [3.05, 3.63) is 71.3 Å². The van der Waals surface area contributed by atoms with E-state index in [9.17, 15) is 4.79 Å². The molecule has 29 heavy (non-hydrogen) atoms. The Balaban J connectivity index is 1.82. The number of aromatic nitrogens is 4. The summed E-state index contributed by atoms with van der Waals surface area (Å²) >= 11 is 1.54. The average Bonchev–Trinajstić information content (AvgIpc) is 3.37. The molecule has 1 aromatic carbocycles. The van der Waals surface area contributed by atoms with E-state index in [2.05, 4.69) is 29.1 Å². The summed E-state index contributed by atoms with van der Waals surface area (Å²) in [6.45, 7) is 8.49. The summed E-state index contributed by atoms with van der Waals surface area (Å²) < 4.78 is 2.86. The van der Waals surface area contributed by atoms with Crippen LogP contribution in [0.3, 0.4) is 0 Å². The van der Waals surface area contributed by atoms with E-state index in [-0.39, 0.29) is 11.9 Å². The third kappa shape index (κ3) is 3.65. The maximum Gasteiger partial charge on any atom is 0.278 e. The number of carbonyl (C=O) groups excluding carboxylic acids is 1. The topological polar surface area (TPSA) is 63.9 Å². The molecule has 0 saturated carbocycles. The lowest BCUT2D eigenvalue weighted by atomic mass is 10.1. The first-order valence-electron chi connectivity index (χ1n) is 9.57. The molecule has 3 heterocycles. The van der Waals surface area contributed by atoms with Gasteiger partial charge in [0.05, 0.1) is 22.5 Å². The lowest BCUT2D eigenvalue weighted by Gasteiger charge is -2.21. The average molecular weight is 406 g/mol. The summed E-state index contributed by atoms with van der Waals surface area (Å²) in [5.74, 6) is -0.129. The van der Waals surface area contributed by atoms with Gasteiger partial charge in [-0.1, -0.05) is 29.5 Å². The van der Waals surface area contributed by atoms with E-state index in [0.29, 0.717) is 17.4 Å². The zero-order chi connectivity index (χ0) is 20.5. The molecule has 4 rings (SSSR count). The zero-order valence-electron chi connectivity index (χ0n) is 17.0. The van der Waals surface area contributed by atoms with Crippen LogP contribution in [0.1, 0.15) is 47.2 Å². The van der Waals surface area contributed by atoms with Gasteiger partial charge in [0, 0.05) is 18.4 Å². The zero-order valence-corrected chi connectivity index (χ0v) is 17.8. The second-order valence-corrected chi connectivity index (χ2v) is 8.32. The van der Waals surface area contributed by atoms with Gasteiger partial charge < -0.3 is 0 Å². The maximum atomic E-state index is 13.6. The Bertz CT molecular complexity index is 1120. The van der Waals surface area contributed by atoms with Crippen molar-refractivity contribution in [1.29, 1.82) is 0 Å². The van der Waals surface area contributed by atoms with Gasteiger partial charge in [0.25, 0.3) is 5.91 Å². The Hall–Kier alpha value is -3.06. The molecule has 0 radical (unpaired) electrons. The monoisotopic (exact) mass is 405 g/mol. The van der Waals surface area contributed by atoms with Gasteiger partial charge in [0.1, 0.15) is 5.69 Å². The molecule has 0 aliphatic rings. The molecule has 0 atom stereocenters. The Morgan fingerprint density at radius 2 is 1.90 bits per heavy atom. The van der Waals surface area contributed by atoms with Gasteiger partial charge in [-0.2, -0.15) is 5.10 Å². The molecule has 0 aliphatic heterocycles. The second-order valence-electron chi connectivity index (χ2n) is 7.34. The number of aryl methyl sites for hydroxylation is 2. The lowest BCUT2D eigenvalue weighted by Crippen LogP contribution is -2.32. The summed E-state index contributed by atoms with van der Waals surface area (Å²) in [7, 11) is 0. The number of pyridine rings is 1. The summed E-state index contributed by atoms with van der Waals surface area (Å²) in [5, 5.41) is 5.00. The summed E-state index contributed by atoms with van der Waals surface area (Å²) in [6.07, 6.45) is 3.40. The molecule has 0 bridgehead atoms. The van der Waals surface area contributed by atoms with Crippen molar-refractivity contribution in [2.24, 2.45) is 0 Å². The van der Waals surface area contributed by atoms with Crippen LogP contribution in [-0.4, -0.2) is 25.7 Å². The highest BCUT2D eigenvalue weighted by Gasteiger charge is 2.26. The Kier molecular flexibility index (Phi) is 5.15. The number of amides is 1. The van der Waals surface area contributed by atoms with Gasteiger partial charge in [-0.05, 0) is 57.0 Å². The van der Waals surface area contributed by atoms with Gasteiger partial charge in [-0.15, -0.1) is 0 Å². The van der Waals surface area contributed by atoms with Crippen molar-refractivity contribution in [3.63, 3.8) is 0 Å². The normalized spacial score (nSPS) is 11.3. The van der Waals surface area contributed by atoms with Gasteiger partial charge in [-0.25, -0.2) is 4.98 Å². The smallest absolute Gasteiger partial charge is 0.277 e. The quantitative estimate of drug-likeness (QED) is 0.472. The molecule has 0 unspecified atom stereocenters. The minimum absolute atomic E-state index is 0.0838. The fraction of sp³-hybridized carbons (Fsp3) is 0.273. The standard InChI is InChI=1S/C22H23N5OS/c1-14(2)27-18(10-12-24-27)21(28)26(13-17-7-5-6-11-23-17)22-25-19-15(3)8-9-16(4)20(19)29-22/h5-12,14H,13H2,1-4H3. The minimum atomic E-state index is -0.129. The molecule has 1 amide bonds. The first-order chi connectivity index (χ1) is 14.0. The predicted octanol–water partition coefficient (Wildman–Crippen LogP) is 4.93. The molecule has 7 heteroatoms. The van der Waals surface area contributed by atoms with Crippen molar-refractivity contribution in [3.8, 4) is 0 Å². The number of thiazole rings is 1. The Labute approximate surface area is 173 Å². The van der Waals surface area contributed by atoms with Crippen LogP contribution in [0.5, 0.6) is 0 Å². The van der Waals surface area contributed by atoms with Crippen molar-refractivity contribution in [2.75, 3.05) is 4.90 Å². The van der Waals surface area contributed by atoms with Crippen molar-refractivity contribution >= 4 is 32.6 Å². The van der Waals surface area contributed by atoms with Crippen LogP contribution < -0.4 is 4.90 Å². The Morgan fingerprint density at radius 1 is 1.10 bits per heavy atom. The van der Waals surface area contributed by atoms with Crippen LogP contribution in [0.25, 0.3) is 10.2 Å². The molecule has 0 fully saturated rings. The SMILES string of the molecule is Cc1ccc(C)c2sc(N(Cc3ccccn3)C(=O)c3ccnn3C(C)C)nc12. The number of anilines is 1. The van der Waals surface area contributed by atoms with E-state index in [0.717, 1.165) is 27.0 Å². The van der Waals surface area contributed by atoms with Crippen molar-refractivity contribution in [2.45, 2.75) is 40.3 Å². The minimum Gasteiger partial charge on any atom is -0.277 e. The van der Waals surface area contributed by atoms with Gasteiger partial charge >= 0.3 is 0 Å². The third-order valence-electron chi connectivity index (χ3n) is 4.83. The molecule has 0 N–H and O–H groups in total. The lowest BCUT2D eigenvalue weighted by molar-refractivity contribution is 0.0972. The number of carbonyl (C=O) groups is 1. The van der Waals surface area contributed by atoms with Gasteiger partial charge in [-0.3, -0.25) is 19.4 Å². The largest absolute Gasteiger partial charge is 0.278 e. The number of benzene rings is 1. The van der Waals surface area contributed by atoms with Crippen LogP contribution in [-0.2, 0) is 6.54 Å². The number of hydrogen-bond donors (Lipinski definition) is 0. The number of nitrogens with zero attached hydrogens (tertiary/aromatic N) is 5. The number of hydrogen-bond acceptors (Lipinski definition) is 5. The maximum absolute atomic E-state index is 13.6. The van der Waals surface area contributed by atoms with E-state index in [4.69, 9.17) is 4.98 Å². The third-order valence-corrected chi connectivity index (χ3v) is 6.05. The van der Waals surface area contributed by atoms with Crippen LogP contribution in [0.15, 0.2) is 48.8 Å². The number of fused-ring (bicyclic) bond motifs is 1. The summed E-state index contributed by atoms with van der Waals surface area (Å²) in [5.41, 5.74) is 4.56. The highest BCUT2D eigenvalue weighted by Crippen LogP contribution is 2.34. The molecular formula is C22H23N5OS.